The summed E-state index contributed by atoms with van der Waals surface area (Å²) in [6, 6.07) is 3.80. The topological polar surface area (TPSA) is 62.3 Å². The second-order valence-corrected chi connectivity index (χ2v) is 5.18. The van der Waals surface area contributed by atoms with E-state index in [-0.39, 0.29) is 11.8 Å². The highest BCUT2D eigenvalue weighted by Crippen LogP contribution is 2.23. The maximum atomic E-state index is 12.8. The number of nitrogens with zero attached hydrogens (tertiary/aromatic N) is 2. The van der Waals surface area contributed by atoms with Gasteiger partial charge < -0.3 is 10.2 Å². The molecule has 2 heterocycles. The number of aromatic nitrogens is 1. The van der Waals surface area contributed by atoms with E-state index >= 15 is 0 Å². The number of pyridine rings is 1. The molecular weight excluding hydrogens is 254 g/mol. The first-order valence-corrected chi connectivity index (χ1v) is 7.10. The summed E-state index contributed by atoms with van der Waals surface area (Å²) in [5, 5.41) is 2.91. The second kappa shape index (κ2) is 6.03. The Morgan fingerprint density at radius 3 is 2.70 bits per heavy atom. The number of rotatable bonds is 4. The lowest BCUT2D eigenvalue weighted by Crippen LogP contribution is -2.56. The molecule has 1 aromatic heterocycles. The van der Waals surface area contributed by atoms with Crippen LogP contribution in [0.4, 0.5) is 0 Å². The van der Waals surface area contributed by atoms with Crippen LogP contribution in [0.2, 0.25) is 0 Å². The van der Waals surface area contributed by atoms with E-state index in [1.807, 2.05) is 26.0 Å². The van der Waals surface area contributed by atoms with E-state index in [0.717, 1.165) is 5.56 Å². The lowest BCUT2D eigenvalue weighted by molar-refractivity contribution is -0.139. The Bertz CT molecular complexity index is 483. The number of amides is 2. The van der Waals surface area contributed by atoms with Gasteiger partial charge in [0, 0.05) is 31.9 Å². The molecule has 0 radical (unpaired) electrons. The molecule has 0 bridgehead atoms. The Balaban J connectivity index is 2.24. The molecule has 5 heteroatoms. The SMILES string of the molecule is CCC1(CC)NC(=O)CCN(Cc2cccnc2)C1=O. The van der Waals surface area contributed by atoms with Crippen molar-refractivity contribution < 1.29 is 9.59 Å². The fraction of sp³-hybridized carbons (Fsp3) is 0.533. The molecule has 2 rings (SSSR count). The highest BCUT2D eigenvalue weighted by molar-refractivity contribution is 5.93. The Kier molecular flexibility index (Phi) is 4.37. The van der Waals surface area contributed by atoms with Crippen molar-refractivity contribution in [3.63, 3.8) is 0 Å². The first-order valence-electron chi connectivity index (χ1n) is 7.10. The maximum absolute atomic E-state index is 12.8. The van der Waals surface area contributed by atoms with Crippen molar-refractivity contribution in [1.82, 2.24) is 15.2 Å². The zero-order valence-corrected chi connectivity index (χ0v) is 12.1. The highest BCUT2D eigenvalue weighted by atomic mass is 16.2. The first-order chi connectivity index (χ1) is 9.61. The first kappa shape index (κ1) is 14.5. The van der Waals surface area contributed by atoms with E-state index in [1.54, 1.807) is 17.3 Å². The van der Waals surface area contributed by atoms with Gasteiger partial charge >= 0.3 is 0 Å². The van der Waals surface area contributed by atoms with Gasteiger partial charge in [0.05, 0.1) is 0 Å². The summed E-state index contributed by atoms with van der Waals surface area (Å²) in [5.74, 6) is -0.0343. The summed E-state index contributed by atoms with van der Waals surface area (Å²) >= 11 is 0. The molecule has 108 valence electrons. The van der Waals surface area contributed by atoms with Crippen molar-refractivity contribution in [2.45, 2.75) is 45.2 Å². The Morgan fingerprint density at radius 2 is 2.10 bits per heavy atom. The third kappa shape index (κ3) is 2.81. The van der Waals surface area contributed by atoms with Crippen molar-refractivity contribution in [3.8, 4) is 0 Å². The molecule has 0 unspecified atom stereocenters. The molecule has 0 aromatic carbocycles. The number of hydrogen-bond acceptors (Lipinski definition) is 3. The van der Waals surface area contributed by atoms with Crippen molar-refractivity contribution >= 4 is 11.8 Å². The van der Waals surface area contributed by atoms with Crippen molar-refractivity contribution in [3.05, 3.63) is 30.1 Å². The van der Waals surface area contributed by atoms with E-state index in [2.05, 4.69) is 10.3 Å². The van der Waals surface area contributed by atoms with Crippen LogP contribution in [0.3, 0.4) is 0 Å². The molecule has 0 saturated carbocycles. The smallest absolute Gasteiger partial charge is 0.248 e. The quantitative estimate of drug-likeness (QED) is 0.905. The second-order valence-electron chi connectivity index (χ2n) is 5.18. The average Bonchev–Trinajstić information content (AvgIpc) is 2.60. The highest BCUT2D eigenvalue weighted by Gasteiger charge is 2.41. The zero-order chi connectivity index (χ0) is 14.6. The molecule has 1 aliphatic heterocycles. The summed E-state index contributed by atoms with van der Waals surface area (Å²) < 4.78 is 0. The van der Waals surface area contributed by atoms with Gasteiger partial charge in [0.1, 0.15) is 5.54 Å². The predicted molar refractivity (Wildman–Crippen MR) is 75.7 cm³/mol. The third-order valence-corrected chi connectivity index (χ3v) is 3.99. The van der Waals surface area contributed by atoms with Gasteiger partial charge in [-0.1, -0.05) is 19.9 Å². The van der Waals surface area contributed by atoms with E-state index < -0.39 is 5.54 Å². The molecule has 1 aliphatic rings. The zero-order valence-electron chi connectivity index (χ0n) is 12.1. The standard InChI is InChI=1S/C15H21N3O2/c1-3-15(4-2)14(20)18(9-7-13(19)17-15)11-12-6-5-8-16-10-12/h5-6,8,10H,3-4,7,9,11H2,1-2H3,(H,17,19). The predicted octanol–water partition coefficient (Wildman–Crippen LogP) is 1.49. The molecule has 2 amide bonds. The van der Waals surface area contributed by atoms with Gasteiger partial charge in [-0.15, -0.1) is 0 Å². The summed E-state index contributed by atoms with van der Waals surface area (Å²) in [5.41, 5.74) is 0.229. The number of nitrogens with one attached hydrogen (secondary N) is 1. The van der Waals surface area contributed by atoms with Gasteiger partial charge in [-0.2, -0.15) is 0 Å². The van der Waals surface area contributed by atoms with E-state index in [0.29, 0.717) is 32.4 Å². The number of hydrogen-bond donors (Lipinski definition) is 1. The minimum absolute atomic E-state index is 0.0113. The summed E-state index contributed by atoms with van der Waals surface area (Å²) in [6.45, 7) is 4.84. The molecule has 0 atom stereocenters. The van der Waals surface area contributed by atoms with Gasteiger partial charge in [-0.05, 0) is 24.5 Å². The van der Waals surface area contributed by atoms with Crippen LogP contribution in [-0.2, 0) is 16.1 Å². The monoisotopic (exact) mass is 275 g/mol. The molecule has 1 N–H and O–H groups in total. The number of carbonyl (C=O) groups is 2. The Hall–Kier alpha value is -1.91. The van der Waals surface area contributed by atoms with Crippen molar-refractivity contribution in [2.75, 3.05) is 6.54 Å². The van der Waals surface area contributed by atoms with Crippen LogP contribution < -0.4 is 5.32 Å². The lowest BCUT2D eigenvalue weighted by Gasteiger charge is -2.33. The van der Waals surface area contributed by atoms with Crippen molar-refractivity contribution in [1.29, 1.82) is 0 Å². The molecular formula is C15H21N3O2. The molecule has 5 nitrogen and oxygen atoms in total. The van der Waals surface area contributed by atoms with E-state index in [9.17, 15) is 9.59 Å². The van der Waals surface area contributed by atoms with Crippen LogP contribution in [0.15, 0.2) is 24.5 Å². The molecule has 0 aliphatic carbocycles. The third-order valence-electron chi connectivity index (χ3n) is 3.99. The van der Waals surface area contributed by atoms with E-state index in [4.69, 9.17) is 0 Å². The molecule has 0 spiro atoms. The van der Waals surface area contributed by atoms with Crippen LogP contribution in [0.1, 0.15) is 38.7 Å². The van der Waals surface area contributed by atoms with Crippen LogP contribution in [0, 0.1) is 0 Å². The molecule has 1 saturated heterocycles. The minimum atomic E-state index is -0.754. The lowest BCUT2D eigenvalue weighted by atomic mass is 9.91. The minimum Gasteiger partial charge on any atom is -0.342 e. The normalized spacial score (nSPS) is 18.6. The van der Waals surface area contributed by atoms with Gasteiger partial charge in [-0.3, -0.25) is 14.6 Å². The van der Waals surface area contributed by atoms with Gasteiger partial charge in [0.2, 0.25) is 11.8 Å². The fourth-order valence-corrected chi connectivity index (χ4v) is 2.62. The summed E-state index contributed by atoms with van der Waals surface area (Å²) in [6.07, 6.45) is 5.04. The van der Waals surface area contributed by atoms with Gasteiger partial charge in [0.25, 0.3) is 0 Å². The van der Waals surface area contributed by atoms with Gasteiger partial charge in [-0.25, -0.2) is 0 Å². The average molecular weight is 275 g/mol. The molecule has 20 heavy (non-hydrogen) atoms. The van der Waals surface area contributed by atoms with Crippen LogP contribution in [-0.4, -0.2) is 33.8 Å². The fourth-order valence-electron chi connectivity index (χ4n) is 2.62. The molecule has 1 fully saturated rings. The van der Waals surface area contributed by atoms with Crippen LogP contribution in [0.25, 0.3) is 0 Å². The van der Waals surface area contributed by atoms with E-state index in [1.165, 1.54) is 0 Å². The van der Waals surface area contributed by atoms with Gasteiger partial charge in [0.15, 0.2) is 0 Å². The maximum Gasteiger partial charge on any atom is 0.248 e. The largest absolute Gasteiger partial charge is 0.342 e. The Morgan fingerprint density at radius 1 is 1.35 bits per heavy atom. The Labute approximate surface area is 119 Å². The summed E-state index contributed by atoms with van der Waals surface area (Å²) in [4.78, 5) is 30.5. The number of carbonyl (C=O) groups excluding carboxylic acids is 2. The molecule has 1 aromatic rings. The van der Waals surface area contributed by atoms with Crippen LogP contribution >= 0.6 is 0 Å². The van der Waals surface area contributed by atoms with Crippen LogP contribution in [0.5, 0.6) is 0 Å². The van der Waals surface area contributed by atoms with Crippen molar-refractivity contribution in [2.24, 2.45) is 0 Å². The summed E-state index contributed by atoms with van der Waals surface area (Å²) in [7, 11) is 0.